The van der Waals surface area contributed by atoms with Crippen LogP contribution < -0.4 is 15.1 Å². The van der Waals surface area contributed by atoms with Crippen LogP contribution in [0.1, 0.15) is 17.7 Å². The predicted molar refractivity (Wildman–Crippen MR) is 79.9 cm³/mol. The minimum absolute atomic E-state index is 0.416. The first kappa shape index (κ1) is 13.8. The summed E-state index contributed by atoms with van der Waals surface area (Å²) in [4.78, 5) is 12.0. The van der Waals surface area contributed by atoms with Gasteiger partial charge in [-0.05, 0) is 19.1 Å². The van der Waals surface area contributed by atoms with Crippen LogP contribution in [-0.2, 0) is 0 Å². The topological polar surface area (TPSA) is 48.7 Å². The van der Waals surface area contributed by atoms with Crippen molar-refractivity contribution in [2.24, 2.45) is 0 Å². The number of hydrogen-bond donors (Lipinski definition) is 0. The summed E-state index contributed by atoms with van der Waals surface area (Å²) in [6, 6.07) is 8.86. The number of ether oxygens (including phenoxy) is 2. The van der Waals surface area contributed by atoms with E-state index >= 15 is 0 Å². The Kier molecular flexibility index (Phi) is 3.71. The van der Waals surface area contributed by atoms with E-state index in [0.717, 1.165) is 5.57 Å². The molecule has 0 bridgehead atoms. The van der Waals surface area contributed by atoms with E-state index in [1.54, 1.807) is 25.1 Å². The van der Waals surface area contributed by atoms with Gasteiger partial charge in [-0.25, -0.2) is 4.79 Å². The fraction of sp³-hybridized carbons (Fsp3) is 0.188. The van der Waals surface area contributed by atoms with Crippen molar-refractivity contribution in [2.75, 3.05) is 6.61 Å². The van der Waals surface area contributed by atoms with Gasteiger partial charge in [0.15, 0.2) is 0 Å². The molecule has 1 aliphatic heterocycles. The minimum Gasteiger partial charge on any atom is -0.492 e. The van der Waals surface area contributed by atoms with E-state index in [1.165, 1.54) is 6.26 Å². The number of halogens is 1. The lowest BCUT2D eigenvalue weighted by molar-refractivity contribution is 0.306. The number of aryl methyl sites for hydroxylation is 1. The summed E-state index contributed by atoms with van der Waals surface area (Å²) in [5, 5.41) is 0.512. The van der Waals surface area contributed by atoms with Gasteiger partial charge in [-0.15, -0.1) is 0 Å². The van der Waals surface area contributed by atoms with Gasteiger partial charge in [-0.2, -0.15) is 0 Å². The standard InChI is InChI=1S/C16H13ClO4/c1-10-8-14-15(16(18)21-10)11(6-7-19-14)9-20-13-5-3-2-4-12(13)17/h2-5,8-9H,6-7H2,1H3. The molecule has 0 aliphatic carbocycles. The molecular formula is C16H13ClO4. The summed E-state index contributed by atoms with van der Waals surface area (Å²) in [5.41, 5.74) is 0.738. The highest BCUT2D eigenvalue weighted by molar-refractivity contribution is 6.32. The van der Waals surface area contributed by atoms with Gasteiger partial charge in [-0.1, -0.05) is 23.7 Å². The van der Waals surface area contributed by atoms with Crippen molar-refractivity contribution in [3.8, 4) is 11.5 Å². The van der Waals surface area contributed by atoms with Crippen LogP contribution in [0.2, 0.25) is 5.02 Å². The van der Waals surface area contributed by atoms with Gasteiger partial charge < -0.3 is 13.9 Å². The van der Waals surface area contributed by atoms with Crippen LogP contribution >= 0.6 is 11.6 Å². The van der Waals surface area contributed by atoms with Crippen LogP contribution in [0, 0.1) is 6.92 Å². The summed E-state index contributed by atoms with van der Waals surface area (Å²) < 4.78 is 16.2. The second-order valence-electron chi connectivity index (χ2n) is 4.67. The quantitative estimate of drug-likeness (QED) is 0.792. The molecule has 3 rings (SSSR count). The molecule has 0 N–H and O–H groups in total. The normalized spacial score (nSPS) is 15.4. The summed E-state index contributed by atoms with van der Waals surface area (Å²) >= 11 is 6.04. The van der Waals surface area contributed by atoms with Crippen molar-refractivity contribution < 1.29 is 13.9 Å². The number of hydrogen-bond acceptors (Lipinski definition) is 4. The third kappa shape index (κ3) is 2.81. The molecule has 0 spiro atoms. The van der Waals surface area contributed by atoms with Crippen molar-refractivity contribution >= 4 is 17.2 Å². The summed E-state index contributed by atoms with van der Waals surface area (Å²) in [6.07, 6.45) is 2.11. The van der Waals surface area contributed by atoms with Gasteiger partial charge in [0.25, 0.3) is 0 Å². The molecule has 21 heavy (non-hydrogen) atoms. The van der Waals surface area contributed by atoms with Crippen LogP contribution in [0.3, 0.4) is 0 Å². The Morgan fingerprint density at radius 1 is 1.33 bits per heavy atom. The van der Waals surface area contributed by atoms with Crippen LogP contribution in [0.25, 0.3) is 5.57 Å². The molecule has 1 aliphatic rings. The highest BCUT2D eigenvalue weighted by Gasteiger charge is 2.21. The van der Waals surface area contributed by atoms with Crippen LogP contribution in [0.5, 0.6) is 11.5 Å². The molecule has 5 heteroatoms. The average Bonchev–Trinajstić information content (AvgIpc) is 2.45. The van der Waals surface area contributed by atoms with Gasteiger partial charge in [0.2, 0.25) is 0 Å². The molecule has 108 valence electrons. The molecular weight excluding hydrogens is 292 g/mol. The zero-order chi connectivity index (χ0) is 14.8. The Bertz CT molecular complexity index is 761. The van der Waals surface area contributed by atoms with E-state index in [0.29, 0.717) is 40.9 Å². The highest BCUT2D eigenvalue weighted by atomic mass is 35.5. The van der Waals surface area contributed by atoms with Crippen molar-refractivity contribution in [3.63, 3.8) is 0 Å². The molecule has 1 aromatic carbocycles. The predicted octanol–water partition coefficient (Wildman–Crippen LogP) is 3.80. The number of rotatable bonds is 2. The summed E-state index contributed by atoms with van der Waals surface area (Å²) in [5.74, 6) is 1.59. The smallest absolute Gasteiger partial charge is 0.347 e. The molecule has 4 nitrogen and oxygen atoms in total. The molecule has 0 saturated carbocycles. The van der Waals surface area contributed by atoms with Crippen molar-refractivity contribution in [2.45, 2.75) is 13.3 Å². The van der Waals surface area contributed by atoms with E-state index in [2.05, 4.69) is 0 Å². The van der Waals surface area contributed by atoms with Gasteiger partial charge in [0.05, 0.1) is 17.9 Å². The fourth-order valence-electron chi connectivity index (χ4n) is 2.18. The van der Waals surface area contributed by atoms with Crippen LogP contribution in [0.15, 0.2) is 45.8 Å². The first-order valence-electron chi connectivity index (χ1n) is 6.53. The fourth-order valence-corrected chi connectivity index (χ4v) is 2.36. The molecule has 0 atom stereocenters. The molecule has 2 aromatic rings. The Labute approximate surface area is 126 Å². The number of para-hydroxylation sites is 1. The lowest BCUT2D eigenvalue weighted by atomic mass is 10.0. The van der Waals surface area contributed by atoms with Crippen molar-refractivity contribution in [3.05, 3.63) is 63.4 Å². The second kappa shape index (κ2) is 5.66. The van der Waals surface area contributed by atoms with E-state index in [-0.39, 0.29) is 0 Å². The maximum atomic E-state index is 12.0. The maximum Gasteiger partial charge on any atom is 0.347 e. The van der Waals surface area contributed by atoms with Crippen molar-refractivity contribution in [1.82, 2.24) is 0 Å². The average molecular weight is 305 g/mol. The zero-order valence-corrected chi connectivity index (χ0v) is 12.1. The summed E-state index contributed by atoms with van der Waals surface area (Å²) in [6.45, 7) is 2.21. The van der Waals surface area contributed by atoms with Crippen LogP contribution in [0.4, 0.5) is 0 Å². The third-order valence-electron chi connectivity index (χ3n) is 3.15. The Hall–Kier alpha value is -2.20. The Morgan fingerprint density at radius 2 is 2.14 bits per heavy atom. The zero-order valence-electron chi connectivity index (χ0n) is 11.4. The molecule has 0 amide bonds. The Balaban J connectivity index is 1.97. The van der Waals surface area contributed by atoms with E-state index in [9.17, 15) is 4.79 Å². The lowest BCUT2D eigenvalue weighted by Gasteiger charge is -2.18. The van der Waals surface area contributed by atoms with Gasteiger partial charge in [0.1, 0.15) is 22.8 Å². The molecule has 0 unspecified atom stereocenters. The van der Waals surface area contributed by atoms with E-state index < -0.39 is 5.63 Å². The molecule has 1 aromatic heterocycles. The minimum atomic E-state index is -0.418. The van der Waals surface area contributed by atoms with Gasteiger partial charge >= 0.3 is 5.63 Å². The largest absolute Gasteiger partial charge is 0.492 e. The molecule has 0 radical (unpaired) electrons. The van der Waals surface area contributed by atoms with Crippen LogP contribution in [-0.4, -0.2) is 6.61 Å². The molecule has 0 saturated heterocycles. The monoisotopic (exact) mass is 304 g/mol. The van der Waals surface area contributed by atoms with E-state index in [4.69, 9.17) is 25.5 Å². The number of benzene rings is 1. The first-order valence-corrected chi connectivity index (χ1v) is 6.91. The van der Waals surface area contributed by atoms with Gasteiger partial charge in [-0.3, -0.25) is 0 Å². The maximum absolute atomic E-state index is 12.0. The number of fused-ring (bicyclic) bond motifs is 1. The van der Waals surface area contributed by atoms with Crippen molar-refractivity contribution in [1.29, 1.82) is 0 Å². The lowest BCUT2D eigenvalue weighted by Crippen LogP contribution is -2.17. The Morgan fingerprint density at radius 3 is 2.95 bits per heavy atom. The SMILES string of the molecule is Cc1cc2c(c(=O)o1)C(=COc1ccccc1Cl)CCO2. The highest BCUT2D eigenvalue weighted by Crippen LogP contribution is 2.32. The summed E-state index contributed by atoms with van der Waals surface area (Å²) in [7, 11) is 0. The molecule has 2 heterocycles. The third-order valence-corrected chi connectivity index (χ3v) is 3.47. The van der Waals surface area contributed by atoms with E-state index in [1.807, 2.05) is 12.1 Å². The first-order chi connectivity index (χ1) is 10.1. The molecule has 0 fully saturated rings. The second-order valence-corrected chi connectivity index (χ2v) is 5.08. The van der Waals surface area contributed by atoms with Gasteiger partial charge in [0, 0.05) is 18.1 Å².